The van der Waals surface area contributed by atoms with Gasteiger partial charge in [0.2, 0.25) is 0 Å². The summed E-state index contributed by atoms with van der Waals surface area (Å²) in [5.41, 5.74) is 0. The molecule has 0 spiro atoms. The van der Waals surface area contributed by atoms with Gasteiger partial charge in [0.15, 0.2) is 0 Å². The van der Waals surface area contributed by atoms with Crippen molar-refractivity contribution in [1.82, 2.24) is 10.2 Å². The highest BCUT2D eigenvalue weighted by molar-refractivity contribution is 7.10. The standard InChI is InChI=1S/C13H22N2S/c1-14-8-4-9-15(2)13(11-6-7-11)12-5-3-10-16-12/h3,5,10-11,13-14H,4,6-9H2,1-2H3. The van der Waals surface area contributed by atoms with Gasteiger partial charge in [-0.05, 0) is 63.8 Å². The van der Waals surface area contributed by atoms with Crippen LogP contribution in [0.4, 0.5) is 0 Å². The third kappa shape index (κ3) is 3.06. The third-order valence-electron chi connectivity index (χ3n) is 3.32. The van der Waals surface area contributed by atoms with Crippen molar-refractivity contribution in [2.24, 2.45) is 5.92 Å². The van der Waals surface area contributed by atoms with Crippen LogP contribution >= 0.6 is 11.3 Å². The average molecular weight is 238 g/mol. The molecule has 0 saturated heterocycles. The van der Waals surface area contributed by atoms with Gasteiger partial charge in [0.05, 0.1) is 0 Å². The molecular formula is C13H22N2S. The Kier molecular flexibility index (Phi) is 4.38. The van der Waals surface area contributed by atoms with Crippen LogP contribution in [0.25, 0.3) is 0 Å². The molecule has 1 N–H and O–H groups in total. The summed E-state index contributed by atoms with van der Waals surface area (Å²) in [6.07, 6.45) is 4.07. The Bertz CT molecular complexity index is 293. The molecule has 1 saturated carbocycles. The SMILES string of the molecule is CNCCCN(C)C(c1cccs1)C1CC1. The zero-order valence-electron chi connectivity index (χ0n) is 10.3. The molecule has 1 fully saturated rings. The van der Waals surface area contributed by atoms with Gasteiger partial charge in [-0.25, -0.2) is 0 Å². The lowest BCUT2D eigenvalue weighted by atomic mass is 10.1. The van der Waals surface area contributed by atoms with Crippen molar-refractivity contribution in [2.45, 2.75) is 25.3 Å². The fraction of sp³-hybridized carbons (Fsp3) is 0.692. The van der Waals surface area contributed by atoms with Gasteiger partial charge in [0, 0.05) is 10.9 Å². The molecule has 1 atom stereocenters. The number of nitrogens with one attached hydrogen (secondary N) is 1. The fourth-order valence-corrected chi connectivity index (χ4v) is 3.31. The lowest BCUT2D eigenvalue weighted by Crippen LogP contribution is -2.28. The zero-order chi connectivity index (χ0) is 11.4. The van der Waals surface area contributed by atoms with Gasteiger partial charge in [0.1, 0.15) is 0 Å². The second kappa shape index (κ2) is 5.80. The lowest BCUT2D eigenvalue weighted by molar-refractivity contribution is 0.221. The first-order valence-corrected chi connectivity index (χ1v) is 7.09. The monoisotopic (exact) mass is 238 g/mol. The van der Waals surface area contributed by atoms with Crippen molar-refractivity contribution in [1.29, 1.82) is 0 Å². The number of hydrogen-bond acceptors (Lipinski definition) is 3. The van der Waals surface area contributed by atoms with Gasteiger partial charge < -0.3 is 5.32 Å². The first-order valence-electron chi connectivity index (χ1n) is 6.21. The summed E-state index contributed by atoms with van der Waals surface area (Å²) in [6, 6.07) is 5.15. The molecule has 2 rings (SSSR count). The van der Waals surface area contributed by atoms with E-state index >= 15 is 0 Å². The van der Waals surface area contributed by atoms with Crippen LogP contribution in [0, 0.1) is 5.92 Å². The molecule has 1 aromatic rings. The highest BCUT2D eigenvalue weighted by atomic mass is 32.1. The van der Waals surface area contributed by atoms with Gasteiger partial charge in [-0.1, -0.05) is 6.07 Å². The highest BCUT2D eigenvalue weighted by Crippen LogP contribution is 2.45. The second-order valence-electron chi connectivity index (χ2n) is 4.74. The summed E-state index contributed by atoms with van der Waals surface area (Å²) in [5.74, 6) is 0.915. The van der Waals surface area contributed by atoms with E-state index in [1.807, 2.05) is 18.4 Å². The lowest BCUT2D eigenvalue weighted by Gasteiger charge is -2.27. The van der Waals surface area contributed by atoms with Crippen molar-refractivity contribution >= 4 is 11.3 Å². The van der Waals surface area contributed by atoms with Crippen molar-refractivity contribution in [3.63, 3.8) is 0 Å². The number of hydrogen-bond donors (Lipinski definition) is 1. The van der Waals surface area contributed by atoms with Crippen LogP contribution in [-0.4, -0.2) is 32.1 Å². The molecule has 2 nitrogen and oxygen atoms in total. The zero-order valence-corrected chi connectivity index (χ0v) is 11.1. The predicted molar refractivity (Wildman–Crippen MR) is 71.0 cm³/mol. The Hall–Kier alpha value is -0.380. The van der Waals surface area contributed by atoms with Gasteiger partial charge in [-0.2, -0.15) is 0 Å². The van der Waals surface area contributed by atoms with Crippen molar-refractivity contribution in [2.75, 3.05) is 27.2 Å². The van der Waals surface area contributed by atoms with E-state index in [4.69, 9.17) is 0 Å². The smallest absolute Gasteiger partial charge is 0.0466 e. The van der Waals surface area contributed by atoms with Crippen LogP contribution in [0.2, 0.25) is 0 Å². The van der Waals surface area contributed by atoms with E-state index < -0.39 is 0 Å². The van der Waals surface area contributed by atoms with E-state index in [2.05, 4.69) is 34.8 Å². The number of thiophene rings is 1. The van der Waals surface area contributed by atoms with E-state index in [0.29, 0.717) is 6.04 Å². The van der Waals surface area contributed by atoms with Crippen LogP contribution in [0.1, 0.15) is 30.2 Å². The van der Waals surface area contributed by atoms with Gasteiger partial charge in [-0.3, -0.25) is 4.90 Å². The molecule has 1 aliphatic rings. The molecule has 3 heteroatoms. The maximum absolute atomic E-state index is 3.22. The molecule has 90 valence electrons. The fourth-order valence-electron chi connectivity index (χ4n) is 2.33. The summed E-state index contributed by atoms with van der Waals surface area (Å²) >= 11 is 1.91. The Morgan fingerprint density at radius 3 is 2.94 bits per heavy atom. The Morgan fingerprint density at radius 2 is 2.38 bits per heavy atom. The summed E-state index contributed by atoms with van der Waals surface area (Å²) < 4.78 is 0. The van der Waals surface area contributed by atoms with Crippen LogP contribution in [-0.2, 0) is 0 Å². The summed E-state index contributed by atoms with van der Waals surface area (Å²) in [5, 5.41) is 5.42. The molecule has 1 aromatic heterocycles. The van der Waals surface area contributed by atoms with Gasteiger partial charge in [-0.15, -0.1) is 11.3 Å². The summed E-state index contributed by atoms with van der Waals surface area (Å²) in [4.78, 5) is 4.09. The van der Waals surface area contributed by atoms with E-state index in [1.165, 1.54) is 25.8 Å². The molecule has 16 heavy (non-hydrogen) atoms. The maximum Gasteiger partial charge on any atom is 0.0466 e. The topological polar surface area (TPSA) is 15.3 Å². The molecule has 0 bridgehead atoms. The van der Waals surface area contributed by atoms with Crippen LogP contribution < -0.4 is 5.32 Å². The van der Waals surface area contributed by atoms with Crippen LogP contribution in [0.3, 0.4) is 0 Å². The first-order chi connectivity index (χ1) is 7.83. The first kappa shape index (κ1) is 12.1. The molecule has 0 aliphatic heterocycles. The second-order valence-corrected chi connectivity index (χ2v) is 5.71. The molecule has 1 unspecified atom stereocenters. The molecule has 0 aromatic carbocycles. The molecular weight excluding hydrogens is 216 g/mol. The van der Waals surface area contributed by atoms with E-state index in [-0.39, 0.29) is 0 Å². The molecule has 1 heterocycles. The number of nitrogens with zero attached hydrogens (tertiary/aromatic N) is 1. The van der Waals surface area contributed by atoms with Gasteiger partial charge >= 0.3 is 0 Å². The van der Waals surface area contributed by atoms with Crippen LogP contribution in [0.15, 0.2) is 17.5 Å². The Morgan fingerprint density at radius 1 is 1.56 bits per heavy atom. The Balaban J connectivity index is 1.91. The highest BCUT2D eigenvalue weighted by Gasteiger charge is 2.35. The van der Waals surface area contributed by atoms with E-state index in [0.717, 1.165) is 12.5 Å². The number of rotatable bonds is 7. The minimum Gasteiger partial charge on any atom is -0.320 e. The van der Waals surface area contributed by atoms with Crippen molar-refractivity contribution < 1.29 is 0 Å². The van der Waals surface area contributed by atoms with Crippen LogP contribution in [0.5, 0.6) is 0 Å². The van der Waals surface area contributed by atoms with Gasteiger partial charge in [0.25, 0.3) is 0 Å². The minimum absolute atomic E-state index is 0.678. The largest absolute Gasteiger partial charge is 0.320 e. The average Bonchev–Trinajstić information content (AvgIpc) is 2.94. The quantitative estimate of drug-likeness (QED) is 0.735. The molecule has 0 amide bonds. The van der Waals surface area contributed by atoms with E-state index in [9.17, 15) is 0 Å². The maximum atomic E-state index is 3.22. The summed E-state index contributed by atoms with van der Waals surface area (Å²) in [6.45, 7) is 2.31. The Labute approximate surface area is 103 Å². The van der Waals surface area contributed by atoms with Crippen molar-refractivity contribution in [3.8, 4) is 0 Å². The molecule has 0 radical (unpaired) electrons. The summed E-state index contributed by atoms with van der Waals surface area (Å²) in [7, 11) is 4.30. The minimum atomic E-state index is 0.678. The normalized spacial score (nSPS) is 17.9. The van der Waals surface area contributed by atoms with Crippen molar-refractivity contribution in [3.05, 3.63) is 22.4 Å². The molecule has 1 aliphatic carbocycles. The predicted octanol–water partition coefficient (Wildman–Crippen LogP) is 2.74. The third-order valence-corrected chi connectivity index (χ3v) is 4.26. The van der Waals surface area contributed by atoms with E-state index in [1.54, 1.807) is 4.88 Å².